The number of alkyl carbamates (subject to hydrolysis) is 1. The molecule has 0 radical (unpaired) electrons. The summed E-state index contributed by atoms with van der Waals surface area (Å²) in [4.78, 5) is 23.0. The van der Waals surface area contributed by atoms with Crippen LogP contribution in [-0.2, 0) is 9.53 Å². The molecule has 0 spiro atoms. The first kappa shape index (κ1) is 18.9. The van der Waals surface area contributed by atoms with Gasteiger partial charge in [0.1, 0.15) is 5.78 Å². The van der Waals surface area contributed by atoms with E-state index in [4.69, 9.17) is 4.74 Å². The normalized spacial score (nSPS) is 12.2. The van der Waals surface area contributed by atoms with E-state index in [1.165, 1.54) is 0 Å². The van der Waals surface area contributed by atoms with E-state index in [-0.39, 0.29) is 17.9 Å². The highest BCUT2D eigenvalue weighted by Crippen LogP contribution is 2.04. The summed E-state index contributed by atoms with van der Waals surface area (Å²) < 4.78 is 5.01. The fourth-order valence-corrected chi connectivity index (χ4v) is 1.83. The molecule has 2 N–H and O–H groups in total. The quantitative estimate of drug-likeness (QED) is 0.573. The third-order valence-corrected chi connectivity index (χ3v) is 2.92. The van der Waals surface area contributed by atoms with Crippen LogP contribution in [-0.4, -0.2) is 37.6 Å². The predicted molar refractivity (Wildman–Crippen MR) is 80.8 cm³/mol. The number of unbranched alkanes of at least 4 members (excludes halogenated alkanes) is 1. The molecule has 0 aliphatic rings. The van der Waals surface area contributed by atoms with Gasteiger partial charge in [-0.15, -0.1) is 0 Å². The van der Waals surface area contributed by atoms with Gasteiger partial charge in [-0.1, -0.05) is 27.7 Å². The first-order chi connectivity index (χ1) is 9.51. The van der Waals surface area contributed by atoms with E-state index in [2.05, 4.69) is 10.6 Å². The molecule has 0 saturated carbocycles. The zero-order valence-electron chi connectivity index (χ0n) is 13.3. The van der Waals surface area contributed by atoms with Gasteiger partial charge in [0.15, 0.2) is 0 Å². The Morgan fingerprint density at radius 1 is 1.15 bits per heavy atom. The molecule has 0 unspecified atom stereocenters. The summed E-state index contributed by atoms with van der Waals surface area (Å²) in [6.45, 7) is 9.73. The largest absolute Gasteiger partial charge is 0.449 e. The second-order valence-electron chi connectivity index (χ2n) is 5.34. The number of ketones is 1. The second-order valence-corrected chi connectivity index (χ2v) is 5.34. The van der Waals surface area contributed by atoms with E-state index in [0.29, 0.717) is 25.5 Å². The maximum atomic E-state index is 11.7. The highest BCUT2D eigenvalue weighted by atomic mass is 16.5. The fourth-order valence-electron chi connectivity index (χ4n) is 1.83. The summed E-state index contributed by atoms with van der Waals surface area (Å²) >= 11 is 0. The minimum Gasteiger partial charge on any atom is -0.449 e. The smallest absolute Gasteiger partial charge is 0.407 e. The summed E-state index contributed by atoms with van der Waals surface area (Å²) in [6, 6.07) is -0.0436. The Balaban J connectivity index is 3.68. The minimum atomic E-state index is -0.355. The van der Waals surface area contributed by atoms with Gasteiger partial charge in [0, 0.05) is 13.0 Å². The molecule has 118 valence electrons. The van der Waals surface area contributed by atoms with Crippen molar-refractivity contribution in [3.05, 3.63) is 0 Å². The average Bonchev–Trinajstić information content (AvgIpc) is 2.42. The molecule has 5 heteroatoms. The molecule has 0 saturated heterocycles. The lowest BCUT2D eigenvalue weighted by molar-refractivity contribution is -0.120. The molecule has 1 amide bonds. The number of rotatable bonds is 11. The third-order valence-electron chi connectivity index (χ3n) is 2.92. The minimum absolute atomic E-state index is 0.0436. The Morgan fingerprint density at radius 2 is 1.85 bits per heavy atom. The average molecular weight is 286 g/mol. The lowest BCUT2D eigenvalue weighted by Crippen LogP contribution is -2.36. The highest BCUT2D eigenvalue weighted by Gasteiger charge is 2.14. The topological polar surface area (TPSA) is 67.4 Å². The van der Waals surface area contributed by atoms with Gasteiger partial charge in [-0.2, -0.15) is 0 Å². The van der Waals surface area contributed by atoms with Gasteiger partial charge in [-0.25, -0.2) is 4.79 Å². The van der Waals surface area contributed by atoms with Crippen molar-refractivity contribution < 1.29 is 14.3 Å². The van der Waals surface area contributed by atoms with Crippen molar-refractivity contribution in [1.82, 2.24) is 10.6 Å². The maximum absolute atomic E-state index is 11.7. The van der Waals surface area contributed by atoms with Gasteiger partial charge in [0.25, 0.3) is 0 Å². The summed E-state index contributed by atoms with van der Waals surface area (Å²) in [7, 11) is 0. The van der Waals surface area contributed by atoms with Crippen LogP contribution in [0.15, 0.2) is 0 Å². The Hall–Kier alpha value is -1.10. The highest BCUT2D eigenvalue weighted by molar-refractivity contribution is 5.83. The van der Waals surface area contributed by atoms with Crippen LogP contribution in [0.2, 0.25) is 0 Å². The number of amides is 1. The molecular weight excluding hydrogens is 256 g/mol. The number of hydrogen-bond acceptors (Lipinski definition) is 4. The molecule has 0 aromatic heterocycles. The zero-order valence-corrected chi connectivity index (χ0v) is 13.3. The molecule has 0 heterocycles. The van der Waals surface area contributed by atoms with E-state index >= 15 is 0 Å². The Morgan fingerprint density at radius 3 is 2.40 bits per heavy atom. The number of hydrogen-bond donors (Lipinski definition) is 2. The van der Waals surface area contributed by atoms with Gasteiger partial charge >= 0.3 is 6.09 Å². The van der Waals surface area contributed by atoms with Crippen LogP contribution in [0.25, 0.3) is 0 Å². The fraction of sp³-hybridized carbons (Fsp3) is 0.867. The van der Waals surface area contributed by atoms with Crippen LogP contribution in [0.5, 0.6) is 0 Å². The van der Waals surface area contributed by atoms with Crippen LogP contribution in [0.3, 0.4) is 0 Å². The van der Waals surface area contributed by atoms with Crippen molar-refractivity contribution in [3.63, 3.8) is 0 Å². The zero-order chi connectivity index (χ0) is 15.4. The van der Waals surface area contributed by atoms with Crippen molar-refractivity contribution >= 4 is 11.9 Å². The Bertz CT molecular complexity index is 280. The number of Topliss-reactive ketones (excluding diaryl/α,β-unsaturated/α-hetero) is 1. The molecule has 5 nitrogen and oxygen atoms in total. The molecule has 0 bridgehead atoms. The molecule has 0 fully saturated rings. The predicted octanol–water partition coefficient (Wildman–Crippen LogP) is 2.50. The number of carbonyl (C=O) groups excluding carboxylic acids is 2. The van der Waals surface area contributed by atoms with Crippen molar-refractivity contribution in [2.24, 2.45) is 5.92 Å². The van der Waals surface area contributed by atoms with Crippen molar-refractivity contribution in [1.29, 1.82) is 0 Å². The SMILES string of the molecule is CCN[C@@H](CCCCNC(=O)OCC(C)C)C(=O)CC. The van der Waals surface area contributed by atoms with Crippen LogP contribution in [0.1, 0.15) is 53.4 Å². The molecule has 0 aromatic carbocycles. The number of ether oxygens (including phenoxy) is 1. The van der Waals surface area contributed by atoms with Gasteiger partial charge < -0.3 is 15.4 Å². The lowest BCUT2D eigenvalue weighted by atomic mass is 10.0. The van der Waals surface area contributed by atoms with Crippen LogP contribution in [0, 0.1) is 5.92 Å². The number of nitrogens with one attached hydrogen (secondary N) is 2. The van der Waals surface area contributed by atoms with E-state index in [0.717, 1.165) is 25.8 Å². The number of likely N-dealkylation sites (N-methyl/N-ethyl adjacent to an activating group) is 1. The van der Waals surface area contributed by atoms with Crippen molar-refractivity contribution in [2.75, 3.05) is 19.7 Å². The molecule has 0 aliphatic heterocycles. The molecule has 1 atom stereocenters. The summed E-state index contributed by atoms with van der Waals surface area (Å²) in [5.41, 5.74) is 0. The van der Waals surface area contributed by atoms with Crippen LogP contribution >= 0.6 is 0 Å². The third kappa shape index (κ3) is 9.78. The maximum Gasteiger partial charge on any atom is 0.407 e. The van der Waals surface area contributed by atoms with Crippen LogP contribution in [0.4, 0.5) is 4.79 Å². The van der Waals surface area contributed by atoms with Gasteiger partial charge in [0.2, 0.25) is 0 Å². The molecular formula is C15H30N2O3. The first-order valence-corrected chi connectivity index (χ1v) is 7.67. The van der Waals surface area contributed by atoms with Gasteiger partial charge in [-0.3, -0.25) is 4.79 Å². The van der Waals surface area contributed by atoms with Crippen LogP contribution < -0.4 is 10.6 Å². The lowest BCUT2D eigenvalue weighted by Gasteiger charge is -2.15. The molecule has 0 aromatic rings. The van der Waals surface area contributed by atoms with E-state index in [1.807, 2.05) is 27.7 Å². The molecule has 0 rings (SSSR count). The summed E-state index contributed by atoms with van der Waals surface area (Å²) in [5.74, 6) is 0.609. The summed E-state index contributed by atoms with van der Waals surface area (Å²) in [6.07, 6.45) is 2.80. The van der Waals surface area contributed by atoms with Crippen molar-refractivity contribution in [3.8, 4) is 0 Å². The van der Waals surface area contributed by atoms with E-state index in [9.17, 15) is 9.59 Å². The standard InChI is InChI=1S/C15H30N2O3/c1-5-14(18)13(16-6-2)9-7-8-10-17-15(19)20-11-12(3)4/h12-13,16H,5-11H2,1-4H3,(H,17,19)/t13-/m0/s1. The van der Waals surface area contributed by atoms with Gasteiger partial charge in [-0.05, 0) is 31.7 Å². The Labute approximate surface area is 122 Å². The first-order valence-electron chi connectivity index (χ1n) is 7.67. The van der Waals surface area contributed by atoms with E-state index in [1.54, 1.807) is 0 Å². The van der Waals surface area contributed by atoms with Crippen molar-refractivity contribution in [2.45, 2.75) is 59.4 Å². The molecule has 0 aliphatic carbocycles. The Kier molecular flexibility index (Phi) is 11.1. The summed E-state index contributed by atoms with van der Waals surface area (Å²) in [5, 5.41) is 5.92. The van der Waals surface area contributed by atoms with E-state index < -0.39 is 0 Å². The second kappa shape index (κ2) is 11.7. The monoisotopic (exact) mass is 286 g/mol. The van der Waals surface area contributed by atoms with Gasteiger partial charge in [0.05, 0.1) is 12.6 Å². The number of carbonyl (C=O) groups is 2. The molecule has 20 heavy (non-hydrogen) atoms.